The molecule has 6 nitrogen and oxygen atoms in total. The number of nitrogens with one attached hydrogen (secondary N) is 1. The van der Waals surface area contributed by atoms with Crippen LogP contribution in [0.15, 0.2) is 71.7 Å². The minimum Gasteiger partial charge on any atom is -0.480 e. The Morgan fingerprint density at radius 1 is 1.03 bits per heavy atom. The molecule has 0 unspecified atom stereocenters. The van der Waals surface area contributed by atoms with Crippen molar-refractivity contribution in [2.24, 2.45) is 0 Å². The van der Waals surface area contributed by atoms with Crippen LogP contribution >= 0.6 is 0 Å². The third-order valence-electron chi connectivity index (χ3n) is 4.57. The van der Waals surface area contributed by atoms with Gasteiger partial charge >= 0.3 is 5.97 Å². The van der Waals surface area contributed by atoms with Crippen molar-refractivity contribution in [1.82, 2.24) is 4.57 Å². The molecule has 6 heteroatoms. The van der Waals surface area contributed by atoms with E-state index >= 15 is 0 Å². The molecule has 2 N–H and O–H groups in total. The Balaban J connectivity index is 1.92. The van der Waals surface area contributed by atoms with Crippen molar-refractivity contribution < 1.29 is 14.7 Å². The molecule has 0 radical (unpaired) electrons. The number of anilines is 1. The number of benzene rings is 2. The first-order valence-electron chi connectivity index (χ1n) is 9.28. The van der Waals surface area contributed by atoms with Crippen LogP contribution in [-0.4, -0.2) is 21.6 Å². The number of carbonyl (C=O) groups is 2. The van der Waals surface area contributed by atoms with Crippen molar-refractivity contribution in [2.45, 2.75) is 26.3 Å². The van der Waals surface area contributed by atoms with E-state index in [0.29, 0.717) is 17.2 Å². The van der Waals surface area contributed by atoms with Gasteiger partial charge in [-0.1, -0.05) is 50.2 Å². The Labute approximate surface area is 168 Å². The van der Waals surface area contributed by atoms with Crippen molar-refractivity contribution in [3.8, 4) is 11.1 Å². The molecule has 1 heterocycles. The van der Waals surface area contributed by atoms with Gasteiger partial charge in [-0.25, -0.2) is 0 Å². The summed E-state index contributed by atoms with van der Waals surface area (Å²) >= 11 is 0. The van der Waals surface area contributed by atoms with E-state index in [-0.39, 0.29) is 5.91 Å². The topological polar surface area (TPSA) is 88.4 Å². The van der Waals surface area contributed by atoms with Crippen LogP contribution in [0.4, 0.5) is 5.69 Å². The summed E-state index contributed by atoms with van der Waals surface area (Å²) < 4.78 is 1.04. The maximum atomic E-state index is 12.8. The summed E-state index contributed by atoms with van der Waals surface area (Å²) in [7, 11) is 0. The lowest BCUT2D eigenvalue weighted by atomic mass is 9.91. The van der Waals surface area contributed by atoms with Crippen LogP contribution in [0.25, 0.3) is 11.1 Å². The van der Waals surface area contributed by atoms with E-state index < -0.39 is 18.1 Å². The van der Waals surface area contributed by atoms with Gasteiger partial charge in [-0.05, 0) is 40.8 Å². The molecule has 0 bridgehead atoms. The number of carbonyl (C=O) groups excluding carboxylic acids is 1. The summed E-state index contributed by atoms with van der Waals surface area (Å²) in [4.78, 5) is 35.4. The molecule has 2 aromatic carbocycles. The standard InChI is InChI=1S/C23H22N2O4/c1-15(2)19-10-8-17(12-20(19)16-6-4-3-5-7-16)23(29)24-18-9-11-21(26)25(13-18)14-22(27)28/h3-13,15H,14H2,1-2H3,(H,24,29)(H,27,28). The maximum absolute atomic E-state index is 12.8. The highest BCUT2D eigenvalue weighted by atomic mass is 16.4. The lowest BCUT2D eigenvalue weighted by Gasteiger charge is -2.15. The van der Waals surface area contributed by atoms with E-state index in [1.807, 2.05) is 42.5 Å². The predicted octanol–water partition coefficient (Wildman–Crippen LogP) is 3.98. The van der Waals surface area contributed by atoms with Gasteiger partial charge in [-0.2, -0.15) is 0 Å². The average Bonchev–Trinajstić information content (AvgIpc) is 2.70. The van der Waals surface area contributed by atoms with Crippen molar-refractivity contribution in [2.75, 3.05) is 5.32 Å². The second-order valence-corrected chi connectivity index (χ2v) is 7.05. The third kappa shape index (κ3) is 4.79. The van der Waals surface area contributed by atoms with Gasteiger partial charge in [0.2, 0.25) is 0 Å². The fourth-order valence-electron chi connectivity index (χ4n) is 3.15. The van der Waals surface area contributed by atoms with Crippen molar-refractivity contribution in [3.63, 3.8) is 0 Å². The first-order valence-corrected chi connectivity index (χ1v) is 9.28. The number of carboxylic acid groups (broad SMARTS) is 1. The first kappa shape index (κ1) is 20.1. The molecule has 0 saturated heterocycles. The van der Waals surface area contributed by atoms with Gasteiger partial charge in [0, 0.05) is 17.8 Å². The Morgan fingerprint density at radius 2 is 1.76 bits per heavy atom. The SMILES string of the molecule is CC(C)c1ccc(C(=O)Nc2ccc(=O)n(CC(=O)O)c2)cc1-c1ccccc1. The summed E-state index contributed by atoms with van der Waals surface area (Å²) in [6.45, 7) is 3.74. The Morgan fingerprint density at radius 3 is 2.41 bits per heavy atom. The van der Waals surface area contributed by atoms with Crippen LogP contribution in [0.1, 0.15) is 35.7 Å². The molecule has 0 saturated carbocycles. The number of carboxylic acids is 1. The molecule has 148 valence electrons. The van der Waals surface area contributed by atoms with Gasteiger partial charge < -0.3 is 15.0 Å². The first-order chi connectivity index (χ1) is 13.8. The number of rotatable bonds is 6. The predicted molar refractivity (Wildman–Crippen MR) is 112 cm³/mol. The molecule has 0 aliphatic carbocycles. The zero-order valence-electron chi connectivity index (χ0n) is 16.3. The molecule has 0 fully saturated rings. The molecule has 0 aliphatic heterocycles. The summed E-state index contributed by atoms with van der Waals surface area (Å²) in [6, 6.07) is 18.1. The fourth-order valence-corrected chi connectivity index (χ4v) is 3.15. The summed E-state index contributed by atoms with van der Waals surface area (Å²) in [6.07, 6.45) is 1.33. The minimum atomic E-state index is -1.13. The van der Waals surface area contributed by atoms with E-state index in [2.05, 4.69) is 19.2 Å². The van der Waals surface area contributed by atoms with Gasteiger partial charge in [-0.15, -0.1) is 0 Å². The largest absolute Gasteiger partial charge is 0.480 e. The van der Waals surface area contributed by atoms with Crippen LogP contribution in [0.5, 0.6) is 0 Å². The Hall–Kier alpha value is -3.67. The van der Waals surface area contributed by atoms with Gasteiger partial charge in [0.25, 0.3) is 11.5 Å². The molecule has 0 aliphatic rings. The van der Waals surface area contributed by atoms with Crippen molar-refractivity contribution in [1.29, 1.82) is 0 Å². The van der Waals surface area contributed by atoms with Gasteiger partial charge in [0.15, 0.2) is 0 Å². The number of nitrogens with zero attached hydrogens (tertiary/aromatic N) is 1. The summed E-state index contributed by atoms with van der Waals surface area (Å²) in [5.74, 6) is -1.17. The lowest BCUT2D eigenvalue weighted by Crippen LogP contribution is -2.24. The van der Waals surface area contributed by atoms with Crippen molar-refractivity contribution in [3.05, 3.63) is 88.3 Å². The highest BCUT2D eigenvalue weighted by Gasteiger charge is 2.14. The Bertz CT molecular complexity index is 1100. The molecule has 1 aromatic heterocycles. The van der Waals surface area contributed by atoms with Gasteiger partial charge in [0.05, 0.1) is 5.69 Å². The van der Waals surface area contributed by atoms with E-state index in [4.69, 9.17) is 5.11 Å². The molecule has 0 atom stereocenters. The smallest absolute Gasteiger partial charge is 0.323 e. The van der Waals surface area contributed by atoms with Crippen LogP contribution in [-0.2, 0) is 11.3 Å². The van der Waals surface area contributed by atoms with Crippen molar-refractivity contribution >= 4 is 17.6 Å². The van der Waals surface area contributed by atoms with E-state index in [1.165, 1.54) is 18.3 Å². The second kappa shape index (κ2) is 8.56. The third-order valence-corrected chi connectivity index (χ3v) is 4.57. The number of pyridine rings is 1. The molecule has 0 spiro atoms. The van der Waals surface area contributed by atoms with Crippen LogP contribution < -0.4 is 10.9 Å². The number of hydrogen-bond donors (Lipinski definition) is 2. The van der Waals surface area contributed by atoms with Crippen LogP contribution in [0, 0.1) is 0 Å². The summed E-state index contributed by atoms with van der Waals surface area (Å²) in [5.41, 5.74) is 3.54. The highest BCUT2D eigenvalue weighted by Crippen LogP contribution is 2.30. The molecular weight excluding hydrogens is 368 g/mol. The van der Waals surface area contributed by atoms with Gasteiger partial charge in [0.1, 0.15) is 6.54 Å². The molecule has 29 heavy (non-hydrogen) atoms. The quantitative estimate of drug-likeness (QED) is 0.666. The molecular formula is C23H22N2O4. The molecule has 3 rings (SSSR count). The normalized spacial score (nSPS) is 10.7. The second-order valence-electron chi connectivity index (χ2n) is 7.05. The maximum Gasteiger partial charge on any atom is 0.323 e. The number of amides is 1. The molecule has 3 aromatic rings. The van der Waals surface area contributed by atoms with Crippen LogP contribution in [0.3, 0.4) is 0 Å². The summed E-state index contributed by atoms with van der Waals surface area (Å²) in [5, 5.41) is 11.6. The number of aliphatic carboxylic acids is 1. The highest BCUT2D eigenvalue weighted by molar-refractivity contribution is 6.05. The zero-order chi connectivity index (χ0) is 21.0. The lowest BCUT2D eigenvalue weighted by molar-refractivity contribution is -0.137. The zero-order valence-corrected chi connectivity index (χ0v) is 16.3. The number of hydrogen-bond acceptors (Lipinski definition) is 3. The number of aromatic nitrogens is 1. The fraction of sp³-hybridized carbons (Fsp3) is 0.174. The van der Waals surface area contributed by atoms with Gasteiger partial charge in [-0.3, -0.25) is 14.4 Å². The molecule has 1 amide bonds. The van der Waals surface area contributed by atoms with E-state index in [0.717, 1.165) is 21.3 Å². The van der Waals surface area contributed by atoms with Crippen LogP contribution in [0.2, 0.25) is 0 Å². The van der Waals surface area contributed by atoms with E-state index in [1.54, 1.807) is 6.07 Å². The Kier molecular flexibility index (Phi) is 5.93. The minimum absolute atomic E-state index is 0.293. The van der Waals surface area contributed by atoms with E-state index in [9.17, 15) is 14.4 Å². The monoisotopic (exact) mass is 390 g/mol. The average molecular weight is 390 g/mol.